The number of phenolic OH excluding ortho intramolecular Hbond substituents is 1. The van der Waals surface area contributed by atoms with Crippen LogP contribution in [0, 0.1) is 0 Å². The molecular formula is C10H10N4O2S. The van der Waals surface area contributed by atoms with Gasteiger partial charge < -0.3 is 10.4 Å². The summed E-state index contributed by atoms with van der Waals surface area (Å²) in [4.78, 5) is 10.9. The maximum atomic E-state index is 10.9. The number of nitrogens with one attached hydrogen (secondary N) is 1. The molecule has 0 saturated heterocycles. The smallest absolute Gasteiger partial charge is 0.221 e. The Hall–Kier alpha value is -2.02. The molecule has 6 nitrogen and oxygen atoms in total. The first kappa shape index (κ1) is 11.5. The van der Waals surface area contributed by atoms with Gasteiger partial charge in [-0.2, -0.15) is 0 Å². The number of carbonyl (C=O) groups excluding carboxylic acids is 1. The van der Waals surface area contributed by atoms with Gasteiger partial charge in [0.1, 0.15) is 16.5 Å². The zero-order chi connectivity index (χ0) is 12.4. The largest absolute Gasteiger partial charge is 0.506 e. The van der Waals surface area contributed by atoms with E-state index < -0.39 is 0 Å². The first-order valence-corrected chi connectivity index (χ1v) is 5.23. The summed E-state index contributed by atoms with van der Waals surface area (Å²) in [5.41, 5.74) is 0.965. The van der Waals surface area contributed by atoms with Crippen LogP contribution in [0.5, 0.6) is 5.75 Å². The topological polar surface area (TPSA) is 80.0 Å². The van der Waals surface area contributed by atoms with Gasteiger partial charge in [0, 0.05) is 12.6 Å². The van der Waals surface area contributed by atoms with Gasteiger partial charge in [-0.15, -0.1) is 17.7 Å². The highest BCUT2D eigenvalue weighted by atomic mass is 32.1. The molecule has 0 aliphatic rings. The minimum atomic E-state index is -0.189. The van der Waals surface area contributed by atoms with Crippen LogP contribution in [0.3, 0.4) is 0 Å². The Morgan fingerprint density at radius 2 is 2.29 bits per heavy atom. The fourth-order valence-corrected chi connectivity index (χ4v) is 1.57. The van der Waals surface area contributed by atoms with E-state index in [1.807, 2.05) is 0 Å². The Balaban J connectivity index is 2.46. The van der Waals surface area contributed by atoms with Gasteiger partial charge in [0.2, 0.25) is 5.91 Å². The molecule has 1 aromatic carbocycles. The third-order valence-corrected chi connectivity index (χ3v) is 2.36. The quantitative estimate of drug-likeness (QED) is 0.553. The molecule has 0 radical (unpaired) electrons. The standard InChI is InChI=1S/C10H10N4O2S/c1-6(15)12-7-2-3-9(16)8(4-7)14-10(17)5-11-13-14/h2-5,16-17H,1H3,(H,12,15). The number of thiol groups is 1. The lowest BCUT2D eigenvalue weighted by atomic mass is 10.2. The molecule has 0 aliphatic carbocycles. The van der Waals surface area contributed by atoms with Crippen molar-refractivity contribution in [2.45, 2.75) is 11.9 Å². The van der Waals surface area contributed by atoms with Crippen molar-refractivity contribution in [2.24, 2.45) is 0 Å². The average Bonchev–Trinajstić information content (AvgIpc) is 2.67. The summed E-state index contributed by atoms with van der Waals surface area (Å²) >= 11 is 4.15. The summed E-state index contributed by atoms with van der Waals surface area (Å²) in [5, 5.41) is 20.3. The van der Waals surface area contributed by atoms with E-state index in [9.17, 15) is 9.90 Å². The van der Waals surface area contributed by atoms with Crippen LogP contribution < -0.4 is 5.32 Å². The molecule has 2 aromatic rings. The summed E-state index contributed by atoms with van der Waals surface area (Å²) in [6.45, 7) is 1.41. The normalized spacial score (nSPS) is 10.2. The molecule has 1 amide bonds. The number of phenols is 1. The molecule has 7 heteroatoms. The highest BCUT2D eigenvalue weighted by molar-refractivity contribution is 7.80. The number of hydrogen-bond acceptors (Lipinski definition) is 5. The second kappa shape index (κ2) is 4.46. The zero-order valence-electron chi connectivity index (χ0n) is 8.95. The van der Waals surface area contributed by atoms with E-state index in [0.29, 0.717) is 16.4 Å². The van der Waals surface area contributed by atoms with Crippen LogP contribution in [0.2, 0.25) is 0 Å². The number of amides is 1. The highest BCUT2D eigenvalue weighted by Crippen LogP contribution is 2.26. The van der Waals surface area contributed by atoms with E-state index in [1.165, 1.54) is 23.9 Å². The summed E-state index contributed by atoms with van der Waals surface area (Å²) in [6.07, 6.45) is 1.45. The zero-order valence-corrected chi connectivity index (χ0v) is 9.85. The molecular weight excluding hydrogens is 240 g/mol. The first-order valence-electron chi connectivity index (χ1n) is 4.78. The van der Waals surface area contributed by atoms with Crippen molar-refractivity contribution in [2.75, 3.05) is 5.32 Å². The van der Waals surface area contributed by atoms with Crippen molar-refractivity contribution in [1.82, 2.24) is 15.0 Å². The summed E-state index contributed by atoms with van der Waals surface area (Å²) in [5.74, 6) is -0.161. The van der Waals surface area contributed by atoms with Gasteiger partial charge in [0.25, 0.3) is 0 Å². The van der Waals surface area contributed by atoms with Crippen molar-refractivity contribution in [1.29, 1.82) is 0 Å². The van der Waals surface area contributed by atoms with Gasteiger partial charge >= 0.3 is 0 Å². The van der Waals surface area contributed by atoms with Gasteiger partial charge in [0.05, 0.1) is 6.20 Å². The van der Waals surface area contributed by atoms with E-state index in [0.717, 1.165) is 0 Å². The maximum Gasteiger partial charge on any atom is 0.221 e. The molecule has 0 unspecified atom stereocenters. The third kappa shape index (κ3) is 2.39. The van der Waals surface area contributed by atoms with Crippen LogP contribution in [0.4, 0.5) is 5.69 Å². The molecule has 0 fully saturated rings. The van der Waals surface area contributed by atoms with Gasteiger partial charge in [0.15, 0.2) is 0 Å². The summed E-state index contributed by atoms with van der Waals surface area (Å²) < 4.78 is 1.36. The van der Waals surface area contributed by atoms with Crippen LogP contribution in [0.1, 0.15) is 6.92 Å². The lowest BCUT2D eigenvalue weighted by Gasteiger charge is -2.08. The van der Waals surface area contributed by atoms with Crippen LogP contribution in [0.25, 0.3) is 5.69 Å². The molecule has 0 atom stereocenters. The molecule has 0 saturated carbocycles. The van der Waals surface area contributed by atoms with Crippen LogP contribution in [-0.2, 0) is 4.79 Å². The van der Waals surface area contributed by atoms with Crippen molar-refractivity contribution in [3.8, 4) is 11.4 Å². The predicted octanol–water partition coefficient (Wildman–Crippen LogP) is 1.22. The molecule has 1 aromatic heterocycles. The van der Waals surface area contributed by atoms with Crippen molar-refractivity contribution < 1.29 is 9.90 Å². The van der Waals surface area contributed by atoms with Gasteiger partial charge in [-0.1, -0.05) is 5.21 Å². The second-order valence-corrected chi connectivity index (χ2v) is 3.85. The number of aromatic hydroxyl groups is 1. The lowest BCUT2D eigenvalue weighted by molar-refractivity contribution is -0.114. The second-order valence-electron chi connectivity index (χ2n) is 3.39. The van der Waals surface area contributed by atoms with E-state index >= 15 is 0 Å². The molecule has 2 rings (SSSR count). The number of anilines is 1. The van der Waals surface area contributed by atoms with Gasteiger partial charge in [-0.05, 0) is 18.2 Å². The molecule has 88 valence electrons. The summed E-state index contributed by atoms with van der Waals surface area (Å²) in [7, 11) is 0. The number of benzene rings is 1. The van der Waals surface area contributed by atoms with Crippen molar-refractivity contribution in [3.63, 3.8) is 0 Å². The number of hydrogen-bond donors (Lipinski definition) is 3. The predicted molar refractivity (Wildman–Crippen MR) is 64.6 cm³/mol. The van der Waals surface area contributed by atoms with Gasteiger partial charge in [-0.3, -0.25) is 4.79 Å². The number of carbonyl (C=O) groups is 1. The summed E-state index contributed by atoms with van der Waals surface area (Å²) in [6, 6.07) is 4.65. The average molecular weight is 250 g/mol. The monoisotopic (exact) mass is 250 g/mol. The van der Waals surface area contributed by atoms with Crippen LogP contribution in [0.15, 0.2) is 29.4 Å². The molecule has 0 spiro atoms. The Kier molecular flexibility index (Phi) is 3.01. The Morgan fingerprint density at radius 3 is 2.88 bits per heavy atom. The van der Waals surface area contributed by atoms with E-state index in [1.54, 1.807) is 12.1 Å². The van der Waals surface area contributed by atoms with E-state index in [-0.39, 0.29) is 11.7 Å². The fraction of sp³-hybridized carbons (Fsp3) is 0.100. The number of aromatic nitrogens is 3. The van der Waals surface area contributed by atoms with Gasteiger partial charge in [-0.25, -0.2) is 4.68 Å². The Labute approximate surface area is 103 Å². The molecule has 1 heterocycles. The Bertz CT molecular complexity index is 567. The lowest BCUT2D eigenvalue weighted by Crippen LogP contribution is -2.07. The maximum absolute atomic E-state index is 10.9. The SMILES string of the molecule is CC(=O)Nc1ccc(O)c(-n2nncc2S)c1. The van der Waals surface area contributed by atoms with Crippen molar-refractivity contribution in [3.05, 3.63) is 24.4 Å². The van der Waals surface area contributed by atoms with Crippen molar-refractivity contribution >= 4 is 24.2 Å². The van der Waals surface area contributed by atoms with E-state index in [2.05, 4.69) is 28.3 Å². The van der Waals surface area contributed by atoms with Crippen LogP contribution >= 0.6 is 12.6 Å². The first-order chi connectivity index (χ1) is 8.08. The molecule has 0 bridgehead atoms. The fourth-order valence-electron chi connectivity index (χ4n) is 1.38. The number of nitrogens with zero attached hydrogens (tertiary/aromatic N) is 3. The van der Waals surface area contributed by atoms with Crippen LogP contribution in [-0.4, -0.2) is 26.0 Å². The highest BCUT2D eigenvalue weighted by Gasteiger charge is 2.09. The molecule has 17 heavy (non-hydrogen) atoms. The minimum absolute atomic E-state index is 0.0277. The third-order valence-electron chi connectivity index (χ3n) is 2.06. The minimum Gasteiger partial charge on any atom is -0.506 e. The molecule has 0 aliphatic heterocycles. The number of rotatable bonds is 2. The Morgan fingerprint density at radius 1 is 1.53 bits per heavy atom. The van der Waals surface area contributed by atoms with E-state index in [4.69, 9.17) is 0 Å². The molecule has 2 N–H and O–H groups in total.